The summed E-state index contributed by atoms with van der Waals surface area (Å²) < 4.78 is 13.1. The fourth-order valence-corrected chi connectivity index (χ4v) is 2.18. The first-order valence-corrected chi connectivity index (χ1v) is 7.00. The van der Waals surface area contributed by atoms with Gasteiger partial charge in [-0.1, -0.05) is 11.6 Å². The fraction of sp³-hybridized carbons (Fsp3) is 0.188. The summed E-state index contributed by atoms with van der Waals surface area (Å²) in [4.78, 5) is 12.4. The van der Waals surface area contributed by atoms with Crippen LogP contribution in [0.5, 0.6) is 0 Å². The molecule has 3 nitrogen and oxygen atoms in total. The van der Waals surface area contributed by atoms with E-state index in [1.165, 1.54) is 12.1 Å². The van der Waals surface area contributed by atoms with Gasteiger partial charge in [-0.05, 0) is 55.8 Å². The van der Waals surface area contributed by atoms with Crippen molar-refractivity contribution >= 4 is 28.9 Å². The van der Waals surface area contributed by atoms with Gasteiger partial charge in [0.05, 0.1) is 5.56 Å². The Kier molecular flexibility index (Phi) is 4.81. The molecule has 2 aromatic carbocycles. The molecule has 0 aliphatic rings. The van der Waals surface area contributed by atoms with E-state index in [-0.39, 0.29) is 11.7 Å². The molecule has 0 aliphatic heterocycles. The van der Waals surface area contributed by atoms with E-state index in [1.54, 1.807) is 31.2 Å². The Balaban J connectivity index is 2.29. The minimum Gasteiger partial charge on any atom is -0.385 e. The summed E-state index contributed by atoms with van der Waals surface area (Å²) in [6, 6.07) is 9.32. The predicted octanol–water partition coefficient (Wildman–Crippen LogP) is 4.47. The van der Waals surface area contributed by atoms with Crippen molar-refractivity contribution in [1.29, 1.82) is 0 Å². The normalized spacial score (nSPS) is 10.3. The zero-order valence-corrected chi connectivity index (χ0v) is 12.6. The highest BCUT2D eigenvalue weighted by atomic mass is 35.5. The molecule has 0 bridgehead atoms. The van der Waals surface area contributed by atoms with E-state index in [0.29, 0.717) is 34.1 Å². The van der Waals surface area contributed by atoms with Crippen molar-refractivity contribution in [3.8, 4) is 0 Å². The van der Waals surface area contributed by atoms with Gasteiger partial charge in [0.15, 0.2) is 0 Å². The zero-order valence-electron chi connectivity index (χ0n) is 11.8. The van der Waals surface area contributed by atoms with Gasteiger partial charge >= 0.3 is 0 Å². The van der Waals surface area contributed by atoms with E-state index in [4.69, 9.17) is 11.6 Å². The van der Waals surface area contributed by atoms with Crippen molar-refractivity contribution < 1.29 is 9.18 Å². The second kappa shape index (κ2) is 6.59. The Bertz CT molecular complexity index is 673. The Morgan fingerprint density at radius 1 is 1.19 bits per heavy atom. The number of anilines is 2. The number of carbonyl (C=O) groups excluding carboxylic acids is 1. The van der Waals surface area contributed by atoms with Gasteiger partial charge in [0.25, 0.3) is 5.91 Å². The van der Waals surface area contributed by atoms with Crippen LogP contribution in [0.1, 0.15) is 22.8 Å². The summed E-state index contributed by atoms with van der Waals surface area (Å²) in [5.41, 5.74) is 2.39. The van der Waals surface area contributed by atoms with E-state index in [2.05, 4.69) is 10.6 Å². The first kappa shape index (κ1) is 15.3. The molecule has 1 amide bonds. The molecule has 0 aliphatic carbocycles. The van der Waals surface area contributed by atoms with Crippen molar-refractivity contribution in [3.05, 3.63) is 58.4 Å². The number of nitrogens with one attached hydrogen (secondary N) is 2. The van der Waals surface area contributed by atoms with Crippen LogP contribution in [0.25, 0.3) is 0 Å². The number of hydrogen-bond donors (Lipinski definition) is 2. The largest absolute Gasteiger partial charge is 0.385 e. The Labute approximate surface area is 128 Å². The van der Waals surface area contributed by atoms with Crippen LogP contribution in [0.2, 0.25) is 5.02 Å². The second-order valence-corrected chi connectivity index (χ2v) is 5.07. The topological polar surface area (TPSA) is 41.1 Å². The van der Waals surface area contributed by atoms with Crippen LogP contribution in [0, 0.1) is 12.7 Å². The van der Waals surface area contributed by atoms with Crippen LogP contribution in [-0.4, -0.2) is 12.5 Å². The smallest absolute Gasteiger partial charge is 0.257 e. The molecule has 0 saturated carbocycles. The Hall–Kier alpha value is -2.07. The summed E-state index contributed by atoms with van der Waals surface area (Å²) >= 11 is 5.96. The second-order valence-electron chi connectivity index (χ2n) is 4.63. The van der Waals surface area contributed by atoms with Crippen LogP contribution in [0.3, 0.4) is 0 Å². The molecular formula is C16H16ClFN2O. The van der Waals surface area contributed by atoms with E-state index in [1.807, 2.05) is 6.92 Å². The van der Waals surface area contributed by atoms with Crippen molar-refractivity contribution in [3.63, 3.8) is 0 Å². The third kappa shape index (κ3) is 3.73. The van der Waals surface area contributed by atoms with E-state index in [0.717, 1.165) is 0 Å². The monoisotopic (exact) mass is 306 g/mol. The molecular weight excluding hydrogens is 291 g/mol. The first-order valence-electron chi connectivity index (χ1n) is 6.62. The van der Waals surface area contributed by atoms with Crippen LogP contribution >= 0.6 is 11.6 Å². The molecule has 0 atom stereocenters. The van der Waals surface area contributed by atoms with Crippen molar-refractivity contribution in [1.82, 2.24) is 0 Å². The zero-order chi connectivity index (χ0) is 15.4. The minimum atomic E-state index is -0.332. The molecule has 0 spiro atoms. The van der Waals surface area contributed by atoms with E-state index >= 15 is 0 Å². The number of halogens is 2. The van der Waals surface area contributed by atoms with Crippen molar-refractivity contribution in [2.45, 2.75) is 13.8 Å². The van der Waals surface area contributed by atoms with Gasteiger partial charge in [0.2, 0.25) is 0 Å². The van der Waals surface area contributed by atoms with Crippen molar-refractivity contribution in [2.75, 3.05) is 17.2 Å². The number of aryl methyl sites for hydroxylation is 1. The SMILES string of the molecule is CCNc1ccc(Cl)cc1C(=O)Nc1ccc(F)cc1C. The standard InChI is InChI=1S/C16H16ClFN2O/c1-3-19-15-6-4-11(17)9-13(15)16(21)20-14-7-5-12(18)8-10(14)2/h4-9,19H,3H2,1-2H3,(H,20,21). The van der Waals surface area contributed by atoms with Gasteiger partial charge in [-0.3, -0.25) is 4.79 Å². The molecule has 0 heterocycles. The molecule has 5 heteroatoms. The van der Waals surface area contributed by atoms with E-state index in [9.17, 15) is 9.18 Å². The van der Waals surface area contributed by atoms with Gasteiger partial charge in [0.1, 0.15) is 5.82 Å². The summed E-state index contributed by atoms with van der Waals surface area (Å²) in [6.45, 7) is 4.37. The molecule has 0 fully saturated rings. The average Bonchev–Trinajstić information content (AvgIpc) is 2.44. The quantitative estimate of drug-likeness (QED) is 0.875. The van der Waals surface area contributed by atoms with Gasteiger partial charge in [-0.15, -0.1) is 0 Å². The number of hydrogen-bond acceptors (Lipinski definition) is 2. The maximum Gasteiger partial charge on any atom is 0.257 e. The Morgan fingerprint density at radius 2 is 1.90 bits per heavy atom. The highest BCUT2D eigenvalue weighted by Gasteiger charge is 2.13. The average molecular weight is 307 g/mol. The van der Waals surface area contributed by atoms with Crippen LogP contribution in [0.4, 0.5) is 15.8 Å². The lowest BCUT2D eigenvalue weighted by atomic mass is 10.1. The first-order chi connectivity index (χ1) is 10.0. The third-order valence-electron chi connectivity index (χ3n) is 3.03. The molecule has 2 aromatic rings. The Morgan fingerprint density at radius 3 is 2.57 bits per heavy atom. The lowest BCUT2D eigenvalue weighted by Crippen LogP contribution is -2.15. The van der Waals surface area contributed by atoms with Gasteiger partial charge in [-0.25, -0.2) is 4.39 Å². The van der Waals surface area contributed by atoms with Crippen molar-refractivity contribution in [2.24, 2.45) is 0 Å². The van der Waals surface area contributed by atoms with Gasteiger partial charge in [-0.2, -0.15) is 0 Å². The van der Waals surface area contributed by atoms with Crippen LogP contribution < -0.4 is 10.6 Å². The third-order valence-corrected chi connectivity index (χ3v) is 3.27. The van der Waals surface area contributed by atoms with Crippen LogP contribution in [-0.2, 0) is 0 Å². The molecule has 2 N–H and O–H groups in total. The summed E-state index contributed by atoms with van der Waals surface area (Å²) in [6.07, 6.45) is 0. The molecule has 0 saturated heterocycles. The lowest BCUT2D eigenvalue weighted by Gasteiger charge is -2.13. The molecule has 0 aromatic heterocycles. The molecule has 0 unspecified atom stereocenters. The van der Waals surface area contributed by atoms with Crippen LogP contribution in [0.15, 0.2) is 36.4 Å². The lowest BCUT2D eigenvalue weighted by molar-refractivity contribution is 0.102. The predicted molar refractivity (Wildman–Crippen MR) is 84.7 cm³/mol. The number of carbonyl (C=O) groups is 1. The molecule has 21 heavy (non-hydrogen) atoms. The molecule has 2 rings (SSSR count). The van der Waals surface area contributed by atoms with Gasteiger partial charge < -0.3 is 10.6 Å². The number of amides is 1. The number of benzene rings is 2. The maximum absolute atomic E-state index is 13.1. The van der Waals surface area contributed by atoms with Gasteiger partial charge in [0, 0.05) is 22.9 Å². The number of rotatable bonds is 4. The molecule has 110 valence electrons. The highest BCUT2D eigenvalue weighted by Crippen LogP contribution is 2.23. The fourth-order valence-electron chi connectivity index (χ4n) is 2.01. The summed E-state index contributed by atoms with van der Waals surface area (Å²) in [7, 11) is 0. The minimum absolute atomic E-state index is 0.289. The maximum atomic E-state index is 13.1. The molecule has 0 radical (unpaired) electrons. The summed E-state index contributed by atoms with van der Waals surface area (Å²) in [5, 5.41) is 6.37. The summed E-state index contributed by atoms with van der Waals surface area (Å²) in [5.74, 6) is -0.621. The van der Waals surface area contributed by atoms with E-state index < -0.39 is 0 Å². The highest BCUT2D eigenvalue weighted by molar-refractivity contribution is 6.31.